The highest BCUT2D eigenvalue weighted by Crippen LogP contribution is 2.27. The summed E-state index contributed by atoms with van der Waals surface area (Å²) in [7, 11) is 0. The average molecular weight is 270 g/mol. The van der Waals surface area contributed by atoms with Crippen LogP contribution in [0.25, 0.3) is 0 Å². The molecule has 98 valence electrons. The van der Waals surface area contributed by atoms with Crippen molar-refractivity contribution in [1.82, 2.24) is 14.9 Å². The lowest BCUT2D eigenvalue weighted by Gasteiger charge is -2.20. The maximum atomic E-state index is 11.8. The van der Waals surface area contributed by atoms with Crippen LogP contribution in [0.4, 0.5) is 0 Å². The van der Waals surface area contributed by atoms with Gasteiger partial charge < -0.3 is 9.88 Å². The Balaban J connectivity index is 2.26. The summed E-state index contributed by atoms with van der Waals surface area (Å²) in [5, 5.41) is 0. The Bertz CT molecular complexity index is 512. The summed E-state index contributed by atoms with van der Waals surface area (Å²) in [6.07, 6.45) is 0.413. The number of H-pyrrole nitrogens is 1. The molecule has 2 rings (SSSR count). The predicted molar refractivity (Wildman–Crippen MR) is 68.6 cm³/mol. The van der Waals surface area contributed by atoms with E-state index in [4.69, 9.17) is 11.6 Å². The Hall–Kier alpha value is -1.36. The third-order valence-corrected chi connectivity index (χ3v) is 3.39. The maximum absolute atomic E-state index is 11.8. The number of aromatic nitrogens is 2. The summed E-state index contributed by atoms with van der Waals surface area (Å²) >= 11 is 5.68. The van der Waals surface area contributed by atoms with Gasteiger partial charge in [-0.15, -0.1) is 11.6 Å². The van der Waals surface area contributed by atoms with Crippen molar-refractivity contribution < 1.29 is 4.79 Å². The van der Waals surface area contributed by atoms with E-state index in [9.17, 15) is 9.59 Å². The Morgan fingerprint density at radius 2 is 2.28 bits per heavy atom. The Morgan fingerprint density at radius 3 is 2.83 bits per heavy atom. The first kappa shape index (κ1) is 13.1. The van der Waals surface area contributed by atoms with Crippen LogP contribution in [0.5, 0.6) is 0 Å². The normalized spacial score (nSPS) is 19.9. The van der Waals surface area contributed by atoms with Crippen LogP contribution in [0.1, 0.15) is 37.7 Å². The van der Waals surface area contributed by atoms with Gasteiger partial charge in [0.2, 0.25) is 5.91 Å². The summed E-state index contributed by atoms with van der Waals surface area (Å²) < 4.78 is 0. The van der Waals surface area contributed by atoms with Gasteiger partial charge in [-0.1, -0.05) is 0 Å². The molecule has 0 radical (unpaired) electrons. The molecule has 2 heterocycles. The number of carbonyl (C=O) groups excluding carboxylic acids is 1. The van der Waals surface area contributed by atoms with E-state index in [1.54, 1.807) is 0 Å². The minimum absolute atomic E-state index is 0.0100. The summed E-state index contributed by atoms with van der Waals surface area (Å²) in [6.45, 7) is 4.58. The number of hydrogen-bond acceptors (Lipinski definition) is 3. The highest BCUT2D eigenvalue weighted by molar-refractivity contribution is 6.16. The van der Waals surface area contributed by atoms with Crippen LogP contribution in [0.2, 0.25) is 0 Å². The zero-order valence-corrected chi connectivity index (χ0v) is 11.2. The van der Waals surface area contributed by atoms with Crippen LogP contribution in [0.15, 0.2) is 10.9 Å². The lowest BCUT2D eigenvalue weighted by molar-refractivity contribution is -0.129. The molecule has 1 unspecified atom stereocenters. The van der Waals surface area contributed by atoms with Crippen LogP contribution < -0.4 is 5.56 Å². The van der Waals surface area contributed by atoms with Gasteiger partial charge in [-0.05, 0) is 13.8 Å². The molecule has 1 aliphatic rings. The molecule has 1 atom stereocenters. The largest absolute Gasteiger partial charge is 0.340 e. The SMILES string of the molecule is CC(C)N1CC(c2cc(=O)[nH]c(CCl)n2)CC1=O. The minimum Gasteiger partial charge on any atom is -0.340 e. The van der Waals surface area contributed by atoms with E-state index >= 15 is 0 Å². The zero-order valence-electron chi connectivity index (χ0n) is 10.4. The molecular formula is C12H16ClN3O2. The number of alkyl halides is 1. The van der Waals surface area contributed by atoms with Crippen molar-refractivity contribution in [2.75, 3.05) is 6.54 Å². The number of nitrogens with one attached hydrogen (secondary N) is 1. The second-order valence-corrected chi connectivity index (χ2v) is 5.06. The van der Waals surface area contributed by atoms with E-state index in [0.29, 0.717) is 24.5 Å². The summed E-state index contributed by atoms with van der Waals surface area (Å²) in [6, 6.07) is 1.63. The number of hydrogen-bond donors (Lipinski definition) is 1. The number of rotatable bonds is 3. The Labute approximate surface area is 110 Å². The van der Waals surface area contributed by atoms with Crippen molar-refractivity contribution in [3.63, 3.8) is 0 Å². The average Bonchev–Trinajstić information content (AvgIpc) is 2.70. The quantitative estimate of drug-likeness (QED) is 0.840. The fraction of sp³-hybridized carbons (Fsp3) is 0.583. The third kappa shape index (κ3) is 2.56. The molecule has 1 fully saturated rings. The molecule has 0 bridgehead atoms. The summed E-state index contributed by atoms with van der Waals surface area (Å²) in [4.78, 5) is 32.0. The minimum atomic E-state index is -0.217. The molecule has 0 spiro atoms. The van der Waals surface area contributed by atoms with E-state index in [2.05, 4.69) is 9.97 Å². The number of halogens is 1. The van der Waals surface area contributed by atoms with Crippen LogP contribution in [0, 0.1) is 0 Å². The van der Waals surface area contributed by atoms with Gasteiger partial charge >= 0.3 is 0 Å². The zero-order chi connectivity index (χ0) is 13.3. The molecular weight excluding hydrogens is 254 g/mol. The number of likely N-dealkylation sites (tertiary alicyclic amines) is 1. The molecule has 1 amide bonds. The first-order valence-electron chi connectivity index (χ1n) is 5.97. The number of nitrogens with zero attached hydrogens (tertiary/aromatic N) is 2. The number of carbonyl (C=O) groups is 1. The fourth-order valence-corrected chi connectivity index (χ4v) is 2.36. The third-order valence-electron chi connectivity index (χ3n) is 3.14. The predicted octanol–water partition coefficient (Wildman–Crippen LogP) is 1.23. The van der Waals surface area contributed by atoms with Gasteiger partial charge in [-0.25, -0.2) is 4.98 Å². The van der Waals surface area contributed by atoms with Gasteiger partial charge in [-0.2, -0.15) is 0 Å². The molecule has 0 aromatic carbocycles. The van der Waals surface area contributed by atoms with Gasteiger partial charge in [0.15, 0.2) is 0 Å². The topological polar surface area (TPSA) is 66.1 Å². The highest BCUT2D eigenvalue weighted by Gasteiger charge is 2.33. The van der Waals surface area contributed by atoms with Gasteiger partial charge in [0.1, 0.15) is 5.82 Å². The van der Waals surface area contributed by atoms with Crippen molar-refractivity contribution in [3.05, 3.63) is 27.9 Å². The standard InChI is InChI=1S/C12H16ClN3O2/c1-7(2)16-6-8(3-12(16)18)9-4-11(17)15-10(5-13)14-9/h4,7-8H,3,5-6H2,1-2H3,(H,14,15,17). The van der Waals surface area contributed by atoms with Crippen LogP contribution in [0.3, 0.4) is 0 Å². The van der Waals surface area contributed by atoms with Crippen molar-refractivity contribution in [1.29, 1.82) is 0 Å². The van der Waals surface area contributed by atoms with Gasteiger partial charge in [0.05, 0.1) is 11.6 Å². The Morgan fingerprint density at radius 1 is 1.56 bits per heavy atom. The van der Waals surface area contributed by atoms with Gasteiger partial charge in [-0.3, -0.25) is 9.59 Å². The Kier molecular flexibility index (Phi) is 3.71. The van der Waals surface area contributed by atoms with E-state index in [1.807, 2.05) is 18.7 Å². The van der Waals surface area contributed by atoms with Crippen molar-refractivity contribution in [2.45, 2.75) is 38.1 Å². The molecule has 1 N–H and O–H groups in total. The molecule has 0 aliphatic carbocycles. The monoisotopic (exact) mass is 269 g/mol. The first-order chi connectivity index (χ1) is 8.51. The molecule has 6 heteroatoms. The molecule has 5 nitrogen and oxygen atoms in total. The summed E-state index contributed by atoms with van der Waals surface area (Å²) in [5.41, 5.74) is 0.442. The number of aromatic amines is 1. The fourth-order valence-electron chi connectivity index (χ4n) is 2.23. The lowest BCUT2D eigenvalue weighted by Crippen LogP contribution is -2.32. The second-order valence-electron chi connectivity index (χ2n) is 4.79. The van der Waals surface area contributed by atoms with Gasteiger partial charge in [0.25, 0.3) is 5.56 Å². The number of amides is 1. The maximum Gasteiger partial charge on any atom is 0.251 e. The molecule has 1 aromatic heterocycles. The smallest absolute Gasteiger partial charge is 0.251 e. The highest BCUT2D eigenvalue weighted by atomic mass is 35.5. The van der Waals surface area contributed by atoms with Crippen LogP contribution in [-0.2, 0) is 10.7 Å². The lowest BCUT2D eigenvalue weighted by atomic mass is 10.0. The van der Waals surface area contributed by atoms with Crippen molar-refractivity contribution >= 4 is 17.5 Å². The molecule has 1 aromatic rings. The molecule has 1 saturated heterocycles. The summed E-state index contributed by atoms with van der Waals surface area (Å²) in [5.74, 6) is 0.723. The van der Waals surface area contributed by atoms with E-state index in [0.717, 1.165) is 0 Å². The van der Waals surface area contributed by atoms with Crippen molar-refractivity contribution in [3.8, 4) is 0 Å². The van der Waals surface area contributed by atoms with Crippen LogP contribution in [-0.4, -0.2) is 33.4 Å². The van der Waals surface area contributed by atoms with E-state index < -0.39 is 0 Å². The van der Waals surface area contributed by atoms with Gasteiger partial charge in [0, 0.05) is 31.0 Å². The second kappa shape index (κ2) is 5.10. The molecule has 0 saturated carbocycles. The molecule has 1 aliphatic heterocycles. The van der Waals surface area contributed by atoms with Crippen molar-refractivity contribution in [2.24, 2.45) is 0 Å². The van der Waals surface area contributed by atoms with E-state index in [-0.39, 0.29) is 29.3 Å². The van der Waals surface area contributed by atoms with Crippen LogP contribution >= 0.6 is 11.6 Å². The first-order valence-corrected chi connectivity index (χ1v) is 6.50. The molecule has 18 heavy (non-hydrogen) atoms. The van der Waals surface area contributed by atoms with E-state index in [1.165, 1.54) is 6.07 Å².